The Hall–Kier alpha value is -2.69. The lowest BCUT2D eigenvalue weighted by atomic mass is 10.1. The topological polar surface area (TPSA) is 129 Å². The van der Waals surface area contributed by atoms with Crippen LogP contribution in [0.15, 0.2) is 62.5 Å². The van der Waals surface area contributed by atoms with Crippen molar-refractivity contribution in [1.82, 2.24) is 5.32 Å². The van der Waals surface area contributed by atoms with E-state index in [2.05, 4.69) is 26.0 Å². The van der Waals surface area contributed by atoms with Crippen molar-refractivity contribution in [2.24, 2.45) is 0 Å². The van der Waals surface area contributed by atoms with E-state index in [1.54, 1.807) is 12.1 Å². The van der Waals surface area contributed by atoms with E-state index in [9.17, 15) is 23.4 Å². The number of aromatic hydroxyl groups is 2. The SMILES string of the molecule is O=C(NCc1ccco1)c1cc(Cl)cc(NS(=O)(=O)c2cc(Br)ccc2O)c1O. The van der Waals surface area contributed by atoms with E-state index in [-0.39, 0.29) is 22.8 Å². The molecule has 0 fully saturated rings. The number of phenols is 2. The summed E-state index contributed by atoms with van der Waals surface area (Å²) in [5, 5.41) is 22.9. The number of carbonyl (C=O) groups excluding carboxylic acids is 1. The van der Waals surface area contributed by atoms with E-state index in [4.69, 9.17) is 16.0 Å². The van der Waals surface area contributed by atoms with E-state index in [0.29, 0.717) is 10.2 Å². The van der Waals surface area contributed by atoms with Crippen LogP contribution in [0.2, 0.25) is 5.02 Å². The van der Waals surface area contributed by atoms with Gasteiger partial charge < -0.3 is 19.9 Å². The number of rotatable bonds is 6. The molecule has 0 atom stereocenters. The standard InChI is InChI=1S/C18H14BrClN2O6S/c19-10-3-4-15(23)16(6-10)29(26,27)22-14-8-11(20)7-13(17(14)24)18(25)21-9-12-2-1-5-28-12/h1-8,22-24H,9H2,(H,21,25). The predicted octanol–water partition coefficient (Wildman–Crippen LogP) is 3.84. The fourth-order valence-electron chi connectivity index (χ4n) is 2.43. The summed E-state index contributed by atoms with van der Waals surface area (Å²) >= 11 is 9.13. The third kappa shape index (κ3) is 4.84. The first-order valence-corrected chi connectivity index (χ1v) is 10.7. The first kappa shape index (κ1) is 21.0. The Bertz CT molecular complexity index is 1170. The molecule has 8 nitrogen and oxygen atoms in total. The number of amides is 1. The van der Waals surface area contributed by atoms with Crippen molar-refractivity contribution in [2.75, 3.05) is 4.72 Å². The minimum atomic E-state index is -4.29. The quantitative estimate of drug-likeness (QED) is 0.380. The highest BCUT2D eigenvalue weighted by atomic mass is 79.9. The number of hydrogen-bond donors (Lipinski definition) is 4. The van der Waals surface area contributed by atoms with Crippen molar-refractivity contribution in [3.05, 3.63) is 69.5 Å². The van der Waals surface area contributed by atoms with E-state index >= 15 is 0 Å². The maximum atomic E-state index is 12.6. The number of furan rings is 1. The molecule has 4 N–H and O–H groups in total. The zero-order valence-corrected chi connectivity index (χ0v) is 17.7. The van der Waals surface area contributed by atoms with Gasteiger partial charge in [0.15, 0.2) is 5.75 Å². The maximum absolute atomic E-state index is 12.6. The van der Waals surface area contributed by atoms with Crippen molar-refractivity contribution in [3.8, 4) is 11.5 Å². The molecule has 0 spiro atoms. The number of anilines is 1. The van der Waals surface area contributed by atoms with Crippen LogP contribution in [0, 0.1) is 0 Å². The van der Waals surface area contributed by atoms with Crippen molar-refractivity contribution < 1.29 is 27.8 Å². The van der Waals surface area contributed by atoms with Gasteiger partial charge in [-0.3, -0.25) is 9.52 Å². The Morgan fingerprint density at radius 3 is 2.62 bits per heavy atom. The average Bonchev–Trinajstić information content (AvgIpc) is 3.17. The summed E-state index contributed by atoms with van der Waals surface area (Å²) < 4.78 is 32.9. The molecule has 2 aromatic carbocycles. The monoisotopic (exact) mass is 500 g/mol. The van der Waals surface area contributed by atoms with Crippen molar-refractivity contribution in [1.29, 1.82) is 0 Å². The van der Waals surface area contributed by atoms with E-state index < -0.39 is 32.3 Å². The van der Waals surface area contributed by atoms with Gasteiger partial charge in [0.05, 0.1) is 24.1 Å². The number of carbonyl (C=O) groups is 1. The second-order valence-electron chi connectivity index (χ2n) is 5.83. The third-order valence-electron chi connectivity index (χ3n) is 3.78. The molecule has 29 heavy (non-hydrogen) atoms. The number of benzene rings is 2. The van der Waals surface area contributed by atoms with Gasteiger partial charge in [-0.2, -0.15) is 0 Å². The average molecular weight is 502 g/mol. The molecule has 0 unspecified atom stereocenters. The number of sulfonamides is 1. The number of halogens is 2. The molecule has 0 saturated heterocycles. The molecule has 1 amide bonds. The van der Waals surface area contributed by atoms with E-state index in [1.165, 1.54) is 30.5 Å². The van der Waals surface area contributed by atoms with Crippen LogP contribution in [0.25, 0.3) is 0 Å². The van der Waals surface area contributed by atoms with Gasteiger partial charge in [0, 0.05) is 9.50 Å². The van der Waals surface area contributed by atoms with Crippen LogP contribution in [-0.4, -0.2) is 24.5 Å². The van der Waals surface area contributed by atoms with Gasteiger partial charge in [-0.15, -0.1) is 0 Å². The van der Waals surface area contributed by atoms with Crippen LogP contribution in [0.5, 0.6) is 11.5 Å². The van der Waals surface area contributed by atoms with E-state index in [0.717, 1.165) is 6.07 Å². The highest BCUT2D eigenvalue weighted by Crippen LogP contribution is 2.35. The molecule has 0 bridgehead atoms. The smallest absolute Gasteiger partial charge is 0.265 e. The van der Waals surface area contributed by atoms with Gasteiger partial charge in [0.25, 0.3) is 15.9 Å². The summed E-state index contributed by atoms with van der Waals surface area (Å²) in [4.78, 5) is 12.0. The zero-order valence-electron chi connectivity index (χ0n) is 14.5. The summed E-state index contributed by atoms with van der Waals surface area (Å²) in [6, 6.07) is 9.51. The van der Waals surface area contributed by atoms with Crippen molar-refractivity contribution >= 4 is 49.1 Å². The van der Waals surface area contributed by atoms with Gasteiger partial charge >= 0.3 is 0 Å². The lowest BCUT2D eigenvalue weighted by Crippen LogP contribution is -2.23. The largest absolute Gasteiger partial charge is 0.507 e. The molecule has 1 heterocycles. The Labute approximate surface area is 179 Å². The van der Waals surface area contributed by atoms with Crippen LogP contribution in [-0.2, 0) is 16.6 Å². The molecule has 0 aliphatic heterocycles. The Morgan fingerprint density at radius 1 is 1.17 bits per heavy atom. The molecule has 0 radical (unpaired) electrons. The highest BCUT2D eigenvalue weighted by Gasteiger charge is 2.23. The second-order valence-corrected chi connectivity index (χ2v) is 8.83. The zero-order chi connectivity index (χ0) is 21.2. The first-order chi connectivity index (χ1) is 13.7. The van der Waals surface area contributed by atoms with Crippen molar-refractivity contribution in [3.63, 3.8) is 0 Å². The molecule has 0 saturated carbocycles. The maximum Gasteiger partial charge on any atom is 0.265 e. The van der Waals surface area contributed by atoms with Crippen LogP contribution < -0.4 is 10.0 Å². The summed E-state index contributed by atoms with van der Waals surface area (Å²) in [5.41, 5.74) is -0.555. The number of nitrogens with one attached hydrogen (secondary N) is 2. The van der Waals surface area contributed by atoms with Crippen molar-refractivity contribution in [2.45, 2.75) is 11.4 Å². The van der Waals surface area contributed by atoms with Gasteiger partial charge in [-0.1, -0.05) is 27.5 Å². The first-order valence-electron chi connectivity index (χ1n) is 8.02. The van der Waals surface area contributed by atoms with Gasteiger partial charge in [-0.25, -0.2) is 8.42 Å². The fourth-order valence-corrected chi connectivity index (χ4v) is 4.34. The molecule has 11 heteroatoms. The minimum Gasteiger partial charge on any atom is -0.507 e. The number of hydrogen-bond acceptors (Lipinski definition) is 6. The lowest BCUT2D eigenvalue weighted by Gasteiger charge is -2.14. The minimum absolute atomic E-state index is 0.0158. The summed E-state index contributed by atoms with van der Waals surface area (Å²) in [7, 11) is -4.29. The Balaban J connectivity index is 1.90. The predicted molar refractivity (Wildman–Crippen MR) is 110 cm³/mol. The lowest BCUT2D eigenvalue weighted by molar-refractivity contribution is 0.0945. The van der Waals surface area contributed by atoms with E-state index in [1.807, 2.05) is 0 Å². The Morgan fingerprint density at radius 2 is 1.93 bits per heavy atom. The highest BCUT2D eigenvalue weighted by molar-refractivity contribution is 9.10. The van der Waals surface area contributed by atoms with Crippen LogP contribution >= 0.6 is 27.5 Å². The molecular formula is C18H14BrClN2O6S. The van der Waals surface area contributed by atoms with Gasteiger partial charge in [-0.05, 0) is 42.5 Å². The summed E-state index contributed by atoms with van der Waals surface area (Å²) in [6.07, 6.45) is 1.45. The molecule has 1 aromatic heterocycles. The van der Waals surface area contributed by atoms with Crippen LogP contribution in [0.1, 0.15) is 16.1 Å². The molecule has 3 aromatic rings. The third-order valence-corrected chi connectivity index (χ3v) is 5.88. The summed E-state index contributed by atoms with van der Waals surface area (Å²) in [6.45, 7) is 0.0603. The van der Waals surface area contributed by atoms with Gasteiger partial charge in [0.2, 0.25) is 0 Å². The van der Waals surface area contributed by atoms with Gasteiger partial charge in [0.1, 0.15) is 16.4 Å². The Kier molecular flexibility index (Phi) is 6.06. The number of phenolic OH excluding ortho intramolecular Hbond substituents is 2. The van der Waals surface area contributed by atoms with Crippen LogP contribution in [0.3, 0.4) is 0 Å². The molecule has 0 aliphatic rings. The molecule has 0 aliphatic carbocycles. The van der Waals surface area contributed by atoms with Crippen LogP contribution in [0.4, 0.5) is 5.69 Å². The second kappa shape index (κ2) is 8.36. The normalized spacial score (nSPS) is 11.2. The molecular weight excluding hydrogens is 488 g/mol. The molecule has 152 valence electrons. The fraction of sp³-hybridized carbons (Fsp3) is 0.0556. The molecule has 3 rings (SSSR count). The summed E-state index contributed by atoms with van der Waals surface area (Å²) in [5.74, 6) is -1.30.